The van der Waals surface area contributed by atoms with E-state index in [2.05, 4.69) is 10.3 Å². The molecule has 5 heteroatoms. The first kappa shape index (κ1) is 12.8. The molecule has 2 rings (SSSR count). The lowest BCUT2D eigenvalue weighted by Gasteiger charge is -2.07. The van der Waals surface area contributed by atoms with E-state index in [1.54, 1.807) is 24.5 Å². The average Bonchev–Trinajstić information content (AvgIpc) is 2.71. The maximum Gasteiger partial charge on any atom is 0.182 e. The third kappa shape index (κ3) is 2.61. The van der Waals surface area contributed by atoms with Gasteiger partial charge in [0.25, 0.3) is 0 Å². The van der Waals surface area contributed by atoms with Crippen LogP contribution in [0.1, 0.15) is 16.1 Å². The fraction of sp³-hybridized carbons (Fsp3) is 0.308. The van der Waals surface area contributed by atoms with Gasteiger partial charge in [0.1, 0.15) is 11.6 Å². The van der Waals surface area contributed by atoms with Crippen LogP contribution in [0.4, 0.5) is 9.52 Å². The predicted octanol–water partition coefficient (Wildman–Crippen LogP) is 3.23. The lowest BCUT2D eigenvalue weighted by Crippen LogP contribution is -1.94. The zero-order chi connectivity index (χ0) is 13.1. The maximum absolute atomic E-state index is 13.3. The fourth-order valence-corrected chi connectivity index (χ4v) is 2.70. The van der Waals surface area contributed by atoms with Crippen LogP contribution in [0, 0.1) is 12.7 Å². The molecule has 1 aromatic heterocycles. The quantitative estimate of drug-likeness (QED) is 0.922. The van der Waals surface area contributed by atoms with E-state index < -0.39 is 0 Å². The van der Waals surface area contributed by atoms with Gasteiger partial charge in [0.05, 0.1) is 12.8 Å². The van der Waals surface area contributed by atoms with Crippen LogP contribution in [0.15, 0.2) is 18.2 Å². The molecule has 0 saturated carbocycles. The van der Waals surface area contributed by atoms with Gasteiger partial charge in [-0.2, -0.15) is 0 Å². The summed E-state index contributed by atoms with van der Waals surface area (Å²) in [5.74, 6) is 0.456. The number of ether oxygens (including phenoxy) is 1. The van der Waals surface area contributed by atoms with Gasteiger partial charge in [-0.25, -0.2) is 9.37 Å². The zero-order valence-corrected chi connectivity index (χ0v) is 11.4. The normalized spacial score (nSPS) is 10.4. The molecule has 3 nitrogen and oxygen atoms in total. The third-order valence-electron chi connectivity index (χ3n) is 2.70. The van der Waals surface area contributed by atoms with E-state index in [1.807, 2.05) is 14.0 Å². The molecule has 0 saturated heterocycles. The standard InChI is InChI=1S/C13H15FN2OS/c1-8-12(18-13(15-2)16-8)7-9-6-10(14)4-5-11(9)17-3/h4-6H,7H2,1-3H3,(H,15,16). The smallest absolute Gasteiger partial charge is 0.182 e. The number of methoxy groups -OCH3 is 1. The number of rotatable bonds is 4. The summed E-state index contributed by atoms with van der Waals surface area (Å²) in [4.78, 5) is 5.49. The van der Waals surface area contributed by atoms with E-state index in [1.165, 1.54) is 12.1 Å². The zero-order valence-electron chi connectivity index (χ0n) is 10.6. The monoisotopic (exact) mass is 266 g/mol. The van der Waals surface area contributed by atoms with Crippen molar-refractivity contribution in [3.8, 4) is 5.75 Å². The van der Waals surface area contributed by atoms with Crippen molar-refractivity contribution < 1.29 is 9.13 Å². The number of hydrogen-bond acceptors (Lipinski definition) is 4. The van der Waals surface area contributed by atoms with Gasteiger partial charge in [0.2, 0.25) is 0 Å². The van der Waals surface area contributed by atoms with E-state index >= 15 is 0 Å². The van der Waals surface area contributed by atoms with Crippen molar-refractivity contribution in [2.24, 2.45) is 0 Å². The summed E-state index contributed by atoms with van der Waals surface area (Å²) < 4.78 is 18.5. The Morgan fingerprint density at radius 2 is 2.22 bits per heavy atom. The van der Waals surface area contributed by atoms with E-state index in [9.17, 15) is 4.39 Å². The number of nitrogens with one attached hydrogen (secondary N) is 1. The molecule has 0 spiro atoms. The van der Waals surface area contributed by atoms with E-state index in [0.29, 0.717) is 12.2 Å². The van der Waals surface area contributed by atoms with Crippen LogP contribution in [0.5, 0.6) is 5.75 Å². The molecule has 18 heavy (non-hydrogen) atoms. The number of aryl methyl sites for hydroxylation is 1. The minimum absolute atomic E-state index is 0.248. The summed E-state index contributed by atoms with van der Waals surface area (Å²) in [6, 6.07) is 4.57. The van der Waals surface area contributed by atoms with Crippen LogP contribution >= 0.6 is 11.3 Å². The maximum atomic E-state index is 13.3. The van der Waals surface area contributed by atoms with Crippen molar-refractivity contribution in [1.82, 2.24) is 4.98 Å². The van der Waals surface area contributed by atoms with E-state index in [4.69, 9.17) is 4.74 Å². The molecule has 0 atom stereocenters. The summed E-state index contributed by atoms with van der Waals surface area (Å²) in [6.07, 6.45) is 0.631. The number of thiazole rings is 1. The van der Waals surface area contributed by atoms with Crippen molar-refractivity contribution in [2.45, 2.75) is 13.3 Å². The molecule has 1 N–H and O–H groups in total. The van der Waals surface area contributed by atoms with Gasteiger partial charge in [0, 0.05) is 23.9 Å². The van der Waals surface area contributed by atoms with Gasteiger partial charge in [-0.05, 0) is 25.1 Å². The molecule has 0 unspecified atom stereocenters. The second-order valence-corrected chi connectivity index (χ2v) is 4.99. The Hall–Kier alpha value is -1.62. The second-order valence-electron chi connectivity index (χ2n) is 3.91. The Kier molecular flexibility index (Phi) is 3.81. The summed E-state index contributed by atoms with van der Waals surface area (Å²) in [7, 11) is 3.43. The number of benzene rings is 1. The minimum Gasteiger partial charge on any atom is -0.496 e. The Balaban J connectivity index is 2.32. The molecule has 0 aliphatic carbocycles. The van der Waals surface area contributed by atoms with Crippen LogP contribution in [-0.4, -0.2) is 19.1 Å². The predicted molar refractivity (Wildman–Crippen MR) is 72.2 cm³/mol. The van der Waals surface area contributed by atoms with Crippen molar-refractivity contribution >= 4 is 16.5 Å². The van der Waals surface area contributed by atoms with Crippen LogP contribution in [0.2, 0.25) is 0 Å². The SMILES string of the molecule is CNc1nc(C)c(Cc2cc(F)ccc2OC)s1. The van der Waals surface area contributed by atoms with Crippen LogP contribution in [-0.2, 0) is 6.42 Å². The van der Waals surface area contributed by atoms with Gasteiger partial charge >= 0.3 is 0 Å². The highest BCUT2D eigenvalue weighted by molar-refractivity contribution is 7.15. The third-order valence-corrected chi connectivity index (χ3v) is 3.87. The van der Waals surface area contributed by atoms with Gasteiger partial charge < -0.3 is 10.1 Å². The van der Waals surface area contributed by atoms with Crippen molar-refractivity contribution in [3.63, 3.8) is 0 Å². The number of anilines is 1. The second kappa shape index (κ2) is 5.35. The van der Waals surface area contributed by atoms with Crippen LogP contribution in [0.25, 0.3) is 0 Å². The Morgan fingerprint density at radius 1 is 1.44 bits per heavy atom. The lowest BCUT2D eigenvalue weighted by atomic mass is 10.1. The summed E-state index contributed by atoms with van der Waals surface area (Å²) in [5, 5.41) is 3.89. The highest BCUT2D eigenvalue weighted by Crippen LogP contribution is 2.28. The molecule has 96 valence electrons. The van der Waals surface area contributed by atoms with E-state index in [-0.39, 0.29) is 5.82 Å². The first-order valence-electron chi connectivity index (χ1n) is 5.60. The number of hydrogen-bond donors (Lipinski definition) is 1. The summed E-state index contributed by atoms with van der Waals surface area (Å²) in [5.41, 5.74) is 1.81. The minimum atomic E-state index is -0.248. The molecule has 0 radical (unpaired) electrons. The van der Waals surface area contributed by atoms with Gasteiger partial charge in [0.15, 0.2) is 5.13 Å². The topological polar surface area (TPSA) is 34.2 Å². The Bertz CT molecular complexity index is 554. The molecule has 0 aliphatic rings. The Labute approximate surface area is 110 Å². The average molecular weight is 266 g/mol. The number of aromatic nitrogens is 1. The van der Waals surface area contributed by atoms with Crippen molar-refractivity contribution in [1.29, 1.82) is 0 Å². The first-order valence-corrected chi connectivity index (χ1v) is 6.42. The van der Waals surface area contributed by atoms with Crippen molar-refractivity contribution in [3.05, 3.63) is 40.2 Å². The lowest BCUT2D eigenvalue weighted by molar-refractivity contribution is 0.409. The molecule has 1 aromatic carbocycles. The molecule has 0 bridgehead atoms. The largest absolute Gasteiger partial charge is 0.496 e. The fourth-order valence-electron chi connectivity index (χ4n) is 1.76. The molecular weight excluding hydrogens is 251 g/mol. The number of halogens is 1. The Morgan fingerprint density at radius 3 is 2.83 bits per heavy atom. The van der Waals surface area contributed by atoms with Gasteiger partial charge in [-0.15, -0.1) is 11.3 Å². The first-order chi connectivity index (χ1) is 8.63. The molecule has 1 heterocycles. The van der Waals surface area contributed by atoms with Crippen LogP contribution in [0.3, 0.4) is 0 Å². The van der Waals surface area contributed by atoms with Gasteiger partial charge in [-0.3, -0.25) is 0 Å². The summed E-state index contributed by atoms with van der Waals surface area (Å²) in [6.45, 7) is 1.96. The van der Waals surface area contributed by atoms with Crippen molar-refractivity contribution in [2.75, 3.05) is 19.5 Å². The van der Waals surface area contributed by atoms with Gasteiger partial charge in [-0.1, -0.05) is 0 Å². The highest BCUT2D eigenvalue weighted by Gasteiger charge is 2.11. The van der Waals surface area contributed by atoms with E-state index in [0.717, 1.165) is 21.3 Å². The summed E-state index contributed by atoms with van der Waals surface area (Å²) >= 11 is 1.58. The number of nitrogens with zero attached hydrogens (tertiary/aromatic N) is 1. The molecule has 2 aromatic rings. The molecule has 0 aliphatic heterocycles. The molecule has 0 amide bonds. The molecular formula is C13H15FN2OS. The molecule has 0 fully saturated rings. The van der Waals surface area contributed by atoms with Crippen LogP contribution < -0.4 is 10.1 Å². The highest BCUT2D eigenvalue weighted by atomic mass is 32.1.